The summed E-state index contributed by atoms with van der Waals surface area (Å²) in [6, 6.07) is 5.61. The summed E-state index contributed by atoms with van der Waals surface area (Å²) in [5, 5.41) is 3.71. The van der Waals surface area contributed by atoms with Crippen LogP contribution in [0, 0.1) is 5.92 Å². The van der Waals surface area contributed by atoms with Crippen LogP contribution in [0.4, 0.5) is 0 Å². The number of nitrogens with zero attached hydrogens (tertiary/aromatic N) is 1. The summed E-state index contributed by atoms with van der Waals surface area (Å²) < 4.78 is 0. The van der Waals surface area contributed by atoms with E-state index in [0.717, 1.165) is 18.0 Å². The van der Waals surface area contributed by atoms with E-state index in [0.29, 0.717) is 0 Å². The van der Waals surface area contributed by atoms with Crippen molar-refractivity contribution in [3.8, 4) is 0 Å². The van der Waals surface area contributed by atoms with Crippen LogP contribution in [0.15, 0.2) is 30.6 Å². The van der Waals surface area contributed by atoms with E-state index in [9.17, 15) is 0 Å². The van der Waals surface area contributed by atoms with Crippen LogP contribution >= 0.6 is 0 Å². The fourth-order valence-electron chi connectivity index (χ4n) is 2.99. The number of fused-ring (bicyclic) bond motifs is 2. The highest BCUT2D eigenvalue weighted by Gasteiger charge is 2.34. The minimum absolute atomic E-state index is 0.728. The average Bonchev–Trinajstić information content (AvgIpc) is 2.63. The van der Waals surface area contributed by atoms with E-state index in [1.165, 1.54) is 31.2 Å². The van der Waals surface area contributed by atoms with Crippen molar-refractivity contribution >= 4 is 6.08 Å². The highest BCUT2D eigenvalue weighted by Crippen LogP contribution is 2.32. The predicted molar refractivity (Wildman–Crippen MR) is 65.9 cm³/mol. The van der Waals surface area contributed by atoms with Crippen molar-refractivity contribution in [2.24, 2.45) is 5.92 Å². The lowest BCUT2D eigenvalue weighted by Crippen LogP contribution is -2.35. The van der Waals surface area contributed by atoms with E-state index in [4.69, 9.17) is 0 Å². The number of rotatable bonds is 2. The van der Waals surface area contributed by atoms with Gasteiger partial charge in [0.15, 0.2) is 0 Å². The first-order valence-electron chi connectivity index (χ1n) is 6.26. The smallest absolute Gasteiger partial charge is 0.0340 e. The van der Waals surface area contributed by atoms with Crippen LogP contribution in [-0.4, -0.2) is 17.1 Å². The van der Waals surface area contributed by atoms with Crippen LogP contribution in [0.1, 0.15) is 31.2 Å². The quantitative estimate of drug-likeness (QED) is 0.818. The van der Waals surface area contributed by atoms with Gasteiger partial charge < -0.3 is 5.32 Å². The number of hydrogen-bond acceptors (Lipinski definition) is 2. The molecule has 0 saturated carbocycles. The van der Waals surface area contributed by atoms with Crippen LogP contribution in [0.5, 0.6) is 0 Å². The highest BCUT2D eigenvalue weighted by molar-refractivity contribution is 5.48. The molecule has 0 amide bonds. The maximum absolute atomic E-state index is 4.13. The third kappa shape index (κ3) is 2.03. The molecule has 1 aromatic rings. The molecule has 2 aliphatic rings. The van der Waals surface area contributed by atoms with Crippen LogP contribution in [0.2, 0.25) is 0 Å². The molecule has 2 heteroatoms. The van der Waals surface area contributed by atoms with Gasteiger partial charge in [-0.15, -0.1) is 0 Å². The SMILES string of the molecule is C(=C/C1CC2CCCC1N2)/c1cccnc1. The third-order valence-corrected chi connectivity index (χ3v) is 3.81. The molecular formula is C14H18N2. The van der Waals surface area contributed by atoms with Gasteiger partial charge in [-0.05, 0) is 36.8 Å². The van der Waals surface area contributed by atoms with Gasteiger partial charge in [-0.2, -0.15) is 0 Å². The van der Waals surface area contributed by atoms with Crippen molar-refractivity contribution < 1.29 is 0 Å². The lowest BCUT2D eigenvalue weighted by Gasteiger charge is -2.21. The van der Waals surface area contributed by atoms with Crippen LogP contribution < -0.4 is 5.32 Å². The van der Waals surface area contributed by atoms with Gasteiger partial charge in [0.1, 0.15) is 0 Å². The maximum atomic E-state index is 4.13. The summed E-state index contributed by atoms with van der Waals surface area (Å²) in [6.07, 6.45) is 13.8. The van der Waals surface area contributed by atoms with E-state index in [2.05, 4.69) is 28.5 Å². The molecule has 16 heavy (non-hydrogen) atoms. The normalized spacial score (nSPS) is 33.4. The van der Waals surface area contributed by atoms with E-state index in [1.54, 1.807) is 0 Å². The summed E-state index contributed by atoms with van der Waals surface area (Å²) >= 11 is 0. The second kappa shape index (κ2) is 4.38. The van der Waals surface area contributed by atoms with Crippen LogP contribution in [-0.2, 0) is 0 Å². The molecule has 2 bridgehead atoms. The molecule has 84 valence electrons. The lowest BCUT2D eigenvalue weighted by molar-refractivity contribution is 0.393. The first-order chi connectivity index (χ1) is 7.92. The summed E-state index contributed by atoms with van der Waals surface area (Å²) in [7, 11) is 0. The standard InChI is InChI=1S/C14H18N2/c1-4-13-9-12(14(5-1)16-13)7-6-11-3-2-8-15-10-11/h2-3,6-8,10,12-14,16H,1,4-5,9H2/b7-6-. The Bertz CT molecular complexity index is 372. The number of nitrogens with one attached hydrogen (secondary N) is 1. The van der Waals surface area contributed by atoms with E-state index >= 15 is 0 Å². The van der Waals surface area contributed by atoms with Gasteiger partial charge in [-0.25, -0.2) is 0 Å². The molecule has 3 unspecified atom stereocenters. The van der Waals surface area contributed by atoms with Gasteiger partial charge in [0.2, 0.25) is 0 Å². The summed E-state index contributed by atoms with van der Waals surface area (Å²) in [6.45, 7) is 0. The zero-order valence-corrected chi connectivity index (χ0v) is 9.47. The fourth-order valence-corrected chi connectivity index (χ4v) is 2.99. The molecule has 0 aromatic carbocycles. The van der Waals surface area contributed by atoms with Gasteiger partial charge in [-0.1, -0.05) is 24.6 Å². The number of pyridine rings is 1. The molecule has 2 aliphatic heterocycles. The molecule has 3 atom stereocenters. The first kappa shape index (κ1) is 10.0. The van der Waals surface area contributed by atoms with Gasteiger partial charge >= 0.3 is 0 Å². The third-order valence-electron chi connectivity index (χ3n) is 3.81. The Balaban J connectivity index is 1.69. The molecule has 0 spiro atoms. The van der Waals surface area contributed by atoms with Crippen LogP contribution in [0.25, 0.3) is 6.08 Å². The zero-order chi connectivity index (χ0) is 10.8. The summed E-state index contributed by atoms with van der Waals surface area (Å²) in [5.74, 6) is 0.729. The Labute approximate surface area is 96.8 Å². The number of hydrogen-bond donors (Lipinski definition) is 1. The molecule has 2 saturated heterocycles. The second-order valence-corrected chi connectivity index (χ2v) is 4.95. The molecule has 3 rings (SSSR count). The van der Waals surface area contributed by atoms with Gasteiger partial charge in [0.05, 0.1) is 0 Å². The van der Waals surface area contributed by atoms with Gasteiger partial charge in [0, 0.05) is 24.5 Å². The van der Waals surface area contributed by atoms with Crippen molar-refractivity contribution in [2.75, 3.05) is 0 Å². The molecule has 3 heterocycles. The Hall–Kier alpha value is -1.15. The largest absolute Gasteiger partial charge is 0.311 e. The topological polar surface area (TPSA) is 24.9 Å². The molecule has 1 aromatic heterocycles. The second-order valence-electron chi connectivity index (χ2n) is 4.95. The molecule has 2 nitrogen and oxygen atoms in total. The molecule has 1 N–H and O–H groups in total. The van der Waals surface area contributed by atoms with Crippen LogP contribution in [0.3, 0.4) is 0 Å². The minimum atomic E-state index is 0.728. The van der Waals surface area contributed by atoms with Crippen molar-refractivity contribution in [2.45, 2.75) is 37.8 Å². The predicted octanol–water partition coefficient (Wildman–Crippen LogP) is 2.63. The van der Waals surface area contributed by atoms with Crippen molar-refractivity contribution in [1.29, 1.82) is 0 Å². The van der Waals surface area contributed by atoms with Crippen molar-refractivity contribution in [3.05, 3.63) is 36.2 Å². The van der Waals surface area contributed by atoms with E-state index < -0.39 is 0 Å². The maximum Gasteiger partial charge on any atom is 0.0340 e. The molecular weight excluding hydrogens is 196 g/mol. The highest BCUT2D eigenvalue weighted by atomic mass is 15.0. The van der Waals surface area contributed by atoms with E-state index in [1.807, 2.05) is 18.5 Å². The zero-order valence-electron chi connectivity index (χ0n) is 9.47. The lowest BCUT2D eigenvalue weighted by atomic mass is 9.97. The van der Waals surface area contributed by atoms with Crippen molar-refractivity contribution in [1.82, 2.24) is 10.3 Å². The number of aromatic nitrogens is 1. The van der Waals surface area contributed by atoms with Gasteiger partial charge in [0.25, 0.3) is 0 Å². The molecule has 0 radical (unpaired) electrons. The Morgan fingerprint density at radius 2 is 2.38 bits per heavy atom. The Morgan fingerprint density at radius 1 is 1.38 bits per heavy atom. The summed E-state index contributed by atoms with van der Waals surface area (Å²) in [4.78, 5) is 4.13. The molecule has 0 aliphatic carbocycles. The first-order valence-corrected chi connectivity index (χ1v) is 6.26. The fraction of sp³-hybridized carbons (Fsp3) is 0.500. The Kier molecular flexibility index (Phi) is 2.75. The number of piperidine rings is 1. The Morgan fingerprint density at radius 3 is 3.19 bits per heavy atom. The summed E-state index contributed by atoms with van der Waals surface area (Å²) in [5.41, 5.74) is 1.21. The van der Waals surface area contributed by atoms with Crippen molar-refractivity contribution in [3.63, 3.8) is 0 Å². The minimum Gasteiger partial charge on any atom is -0.311 e. The molecule has 2 fully saturated rings. The average molecular weight is 214 g/mol. The van der Waals surface area contributed by atoms with E-state index in [-0.39, 0.29) is 0 Å². The van der Waals surface area contributed by atoms with Gasteiger partial charge in [-0.3, -0.25) is 4.98 Å². The monoisotopic (exact) mass is 214 g/mol.